The monoisotopic (exact) mass is 491 g/mol. The lowest BCUT2D eigenvalue weighted by Gasteiger charge is -2.36. The molecule has 2 aliphatic heterocycles. The maximum atomic E-state index is 13.5. The molecule has 184 valence electrons. The maximum Gasteiger partial charge on any atom is 0.259 e. The number of furan rings is 1. The van der Waals surface area contributed by atoms with E-state index in [9.17, 15) is 14.0 Å². The fraction of sp³-hybridized carbons (Fsp3) is 0.304. The van der Waals surface area contributed by atoms with Gasteiger partial charge in [-0.05, 0) is 49.2 Å². The molecule has 0 bridgehead atoms. The Balaban J connectivity index is 1.21. The summed E-state index contributed by atoms with van der Waals surface area (Å²) in [7, 11) is 0. The molecule has 2 fully saturated rings. The van der Waals surface area contributed by atoms with Crippen molar-refractivity contribution in [2.75, 3.05) is 41.7 Å². The molecule has 13 heteroatoms. The van der Waals surface area contributed by atoms with E-state index >= 15 is 0 Å². The number of carbonyl (C=O) groups is 2. The molecule has 0 aliphatic carbocycles. The first-order valence-corrected chi connectivity index (χ1v) is 11.5. The molecule has 2 aliphatic rings. The molecule has 0 saturated carbocycles. The summed E-state index contributed by atoms with van der Waals surface area (Å²) < 4.78 is 19.9. The van der Waals surface area contributed by atoms with E-state index < -0.39 is 6.04 Å². The fourth-order valence-electron chi connectivity index (χ4n) is 4.66. The van der Waals surface area contributed by atoms with Crippen LogP contribution >= 0.6 is 0 Å². The van der Waals surface area contributed by atoms with Crippen LogP contribution in [0.1, 0.15) is 12.8 Å². The summed E-state index contributed by atoms with van der Waals surface area (Å²) in [6, 6.07) is 8.67. The third-order valence-corrected chi connectivity index (χ3v) is 6.43. The first-order valence-electron chi connectivity index (χ1n) is 11.5. The third-order valence-electron chi connectivity index (χ3n) is 6.43. The zero-order valence-electron chi connectivity index (χ0n) is 19.1. The Hall–Kier alpha value is -4.55. The molecule has 12 nitrogen and oxygen atoms in total. The number of nitrogen functional groups attached to an aromatic ring is 1. The van der Waals surface area contributed by atoms with Crippen molar-refractivity contribution in [1.29, 1.82) is 0 Å². The highest BCUT2D eigenvalue weighted by Crippen LogP contribution is 2.27. The minimum absolute atomic E-state index is 0.0563. The van der Waals surface area contributed by atoms with Gasteiger partial charge >= 0.3 is 0 Å². The quantitative estimate of drug-likeness (QED) is 0.448. The summed E-state index contributed by atoms with van der Waals surface area (Å²) in [5.41, 5.74) is 6.74. The molecular formula is C23H22FN9O3. The summed E-state index contributed by atoms with van der Waals surface area (Å²) in [5, 5.41) is 4.30. The molecule has 2 N–H and O–H groups in total. The normalized spacial score (nSPS) is 18.4. The number of anilines is 3. The maximum absolute atomic E-state index is 13.5. The predicted molar refractivity (Wildman–Crippen MR) is 126 cm³/mol. The number of nitrogens with two attached hydrogens (primary N) is 1. The smallest absolute Gasteiger partial charge is 0.259 e. The molecule has 4 aromatic rings. The van der Waals surface area contributed by atoms with Crippen molar-refractivity contribution in [2.45, 2.75) is 18.9 Å². The van der Waals surface area contributed by atoms with Gasteiger partial charge in [0.2, 0.25) is 29.5 Å². The summed E-state index contributed by atoms with van der Waals surface area (Å²) >= 11 is 0. The van der Waals surface area contributed by atoms with Gasteiger partial charge in [-0.1, -0.05) is 0 Å². The number of amides is 2. The average Bonchev–Trinajstić information content (AvgIpc) is 3.64. The Kier molecular flexibility index (Phi) is 5.24. The summed E-state index contributed by atoms with van der Waals surface area (Å²) in [6.07, 6.45) is 2.88. The number of aromatic nitrogens is 5. The van der Waals surface area contributed by atoms with Gasteiger partial charge in [-0.2, -0.15) is 19.5 Å². The van der Waals surface area contributed by atoms with Crippen LogP contribution in [0.15, 0.2) is 47.1 Å². The molecule has 36 heavy (non-hydrogen) atoms. The number of carbonyl (C=O) groups excluding carboxylic acids is 2. The van der Waals surface area contributed by atoms with E-state index in [-0.39, 0.29) is 41.9 Å². The minimum Gasteiger partial charge on any atom is -0.461 e. The van der Waals surface area contributed by atoms with Crippen molar-refractivity contribution in [1.82, 2.24) is 29.5 Å². The van der Waals surface area contributed by atoms with Crippen molar-refractivity contribution in [3.63, 3.8) is 0 Å². The zero-order valence-corrected chi connectivity index (χ0v) is 19.1. The van der Waals surface area contributed by atoms with Gasteiger partial charge in [0, 0.05) is 25.3 Å². The molecule has 0 radical (unpaired) electrons. The second kappa shape index (κ2) is 8.59. The number of benzene rings is 1. The van der Waals surface area contributed by atoms with Crippen molar-refractivity contribution in [3.05, 3.63) is 48.5 Å². The van der Waals surface area contributed by atoms with E-state index in [4.69, 9.17) is 10.2 Å². The van der Waals surface area contributed by atoms with E-state index in [1.807, 2.05) is 0 Å². The number of hydrogen-bond acceptors (Lipinski definition) is 9. The summed E-state index contributed by atoms with van der Waals surface area (Å²) in [4.78, 5) is 44.5. The molecule has 6 rings (SSSR count). The number of rotatable bonds is 4. The lowest BCUT2D eigenvalue weighted by atomic mass is 10.1. The fourth-order valence-corrected chi connectivity index (χ4v) is 4.66. The Morgan fingerprint density at radius 3 is 2.67 bits per heavy atom. The van der Waals surface area contributed by atoms with Gasteiger partial charge in [-0.15, -0.1) is 5.10 Å². The number of fused-ring (bicyclic) bond motifs is 1. The van der Waals surface area contributed by atoms with Gasteiger partial charge in [-0.3, -0.25) is 9.59 Å². The van der Waals surface area contributed by atoms with E-state index in [2.05, 4.69) is 20.1 Å². The molecule has 2 amide bonds. The van der Waals surface area contributed by atoms with E-state index in [0.29, 0.717) is 43.3 Å². The Morgan fingerprint density at radius 1 is 1.08 bits per heavy atom. The molecule has 2 saturated heterocycles. The highest BCUT2D eigenvalue weighted by Gasteiger charge is 2.38. The molecule has 3 aromatic heterocycles. The second-order valence-electron chi connectivity index (χ2n) is 8.64. The van der Waals surface area contributed by atoms with Crippen molar-refractivity contribution >= 4 is 35.2 Å². The predicted octanol–water partition coefficient (Wildman–Crippen LogP) is 1.34. The van der Waals surface area contributed by atoms with Crippen LogP contribution in [0.3, 0.4) is 0 Å². The largest absolute Gasteiger partial charge is 0.461 e. The first kappa shape index (κ1) is 21.9. The standard InChI is InChI=1S/C23H22FN9O3/c24-14-5-7-15(8-6-14)31-11-10-30(13-18(31)34)20(35)16-3-1-9-32(16)22-27-21(25)33-23(28-22)26-19(29-33)17-4-2-12-36-17/h2,4-8,12,16H,1,3,9-11,13H2,(H2,25,26,27,28,29)/t16-/m0/s1. The van der Waals surface area contributed by atoms with E-state index in [0.717, 1.165) is 6.42 Å². The van der Waals surface area contributed by atoms with E-state index in [1.54, 1.807) is 39.0 Å². The van der Waals surface area contributed by atoms with Crippen molar-refractivity contribution in [3.8, 4) is 11.6 Å². The molecule has 0 unspecified atom stereocenters. The minimum atomic E-state index is -0.524. The number of piperazine rings is 1. The van der Waals surface area contributed by atoms with Crippen LogP contribution in [0.25, 0.3) is 17.4 Å². The van der Waals surface area contributed by atoms with Gasteiger partial charge in [0.15, 0.2) is 5.76 Å². The van der Waals surface area contributed by atoms with Crippen molar-refractivity contribution < 1.29 is 18.4 Å². The molecule has 1 atom stereocenters. The van der Waals surface area contributed by atoms with Crippen LogP contribution in [-0.4, -0.2) is 73.5 Å². The molecule has 1 aromatic carbocycles. The molecule has 0 spiro atoms. The third kappa shape index (κ3) is 3.78. The van der Waals surface area contributed by atoms with Crippen LogP contribution < -0.4 is 15.5 Å². The Labute approximate surface area is 204 Å². The van der Waals surface area contributed by atoms with Gasteiger partial charge in [0.25, 0.3) is 5.78 Å². The average molecular weight is 491 g/mol. The summed E-state index contributed by atoms with van der Waals surface area (Å²) in [6.45, 7) is 1.20. The SMILES string of the molecule is Nc1nc(N2CCC[C@H]2C(=O)N2CCN(c3ccc(F)cc3)C(=O)C2)nc2nc(-c3ccco3)nn12. The van der Waals surface area contributed by atoms with Crippen LogP contribution in [0.5, 0.6) is 0 Å². The highest BCUT2D eigenvalue weighted by molar-refractivity contribution is 5.99. The highest BCUT2D eigenvalue weighted by atomic mass is 19.1. The second-order valence-corrected chi connectivity index (χ2v) is 8.64. The number of hydrogen-bond donors (Lipinski definition) is 1. The zero-order chi connectivity index (χ0) is 24.8. The Morgan fingerprint density at radius 2 is 1.92 bits per heavy atom. The number of nitrogens with zero attached hydrogens (tertiary/aromatic N) is 8. The van der Waals surface area contributed by atoms with Crippen LogP contribution in [0.4, 0.5) is 22.0 Å². The number of halogens is 1. The molecule has 5 heterocycles. The van der Waals surface area contributed by atoms with Crippen LogP contribution in [-0.2, 0) is 9.59 Å². The Bertz CT molecular complexity index is 1440. The molecular weight excluding hydrogens is 469 g/mol. The van der Waals surface area contributed by atoms with E-state index in [1.165, 1.54) is 22.9 Å². The van der Waals surface area contributed by atoms with Crippen LogP contribution in [0.2, 0.25) is 0 Å². The van der Waals surface area contributed by atoms with Gasteiger partial charge in [0.1, 0.15) is 18.4 Å². The van der Waals surface area contributed by atoms with Crippen LogP contribution in [0, 0.1) is 5.82 Å². The van der Waals surface area contributed by atoms with Crippen molar-refractivity contribution in [2.24, 2.45) is 0 Å². The van der Waals surface area contributed by atoms with Gasteiger partial charge < -0.3 is 24.9 Å². The first-order chi connectivity index (χ1) is 17.5. The lowest BCUT2D eigenvalue weighted by molar-refractivity contribution is -0.137. The lowest BCUT2D eigenvalue weighted by Crippen LogP contribution is -2.56. The summed E-state index contributed by atoms with van der Waals surface area (Å²) in [5.74, 6) is 0.647. The topological polar surface area (TPSA) is 139 Å². The van der Waals surface area contributed by atoms with Gasteiger partial charge in [0.05, 0.1) is 6.26 Å². The van der Waals surface area contributed by atoms with Gasteiger partial charge in [-0.25, -0.2) is 4.39 Å².